The second-order valence-electron chi connectivity index (χ2n) is 7.13. The van der Waals surface area contributed by atoms with Crippen LogP contribution in [0.5, 0.6) is 0 Å². The summed E-state index contributed by atoms with van der Waals surface area (Å²) < 4.78 is 5.42. The minimum absolute atomic E-state index is 0.0526. The first-order valence-corrected chi connectivity index (χ1v) is 7.22. The Morgan fingerprint density at radius 1 is 1.30 bits per heavy atom. The lowest BCUT2D eigenvalue weighted by Crippen LogP contribution is -2.33. The number of carbonyl (C=O) groups excluding carboxylic acids is 2. The topological polar surface area (TPSA) is 79.8 Å². The molecule has 110 valence electrons. The Hall–Kier alpha value is -1.48. The van der Waals surface area contributed by atoms with Crippen LogP contribution in [0.1, 0.15) is 59.3 Å². The summed E-state index contributed by atoms with van der Waals surface area (Å²) in [7, 11) is 0. The summed E-state index contributed by atoms with van der Waals surface area (Å²) in [4.78, 5) is 26.8. The van der Waals surface area contributed by atoms with Crippen LogP contribution in [-0.2, 0) is 14.3 Å². The molecule has 0 radical (unpaired) electrons. The van der Waals surface area contributed by atoms with Crippen molar-refractivity contribution in [1.29, 1.82) is 0 Å². The third-order valence-corrected chi connectivity index (χ3v) is 4.31. The largest absolute Gasteiger partial charge is 0.460 e. The van der Waals surface area contributed by atoms with Crippen molar-refractivity contribution in [2.24, 2.45) is 11.3 Å². The molecule has 0 saturated heterocycles. The highest BCUT2D eigenvalue weighted by Gasteiger charge is 2.49. The van der Waals surface area contributed by atoms with Crippen LogP contribution in [-0.4, -0.2) is 27.9 Å². The van der Waals surface area contributed by atoms with Crippen molar-refractivity contribution < 1.29 is 19.1 Å². The van der Waals surface area contributed by atoms with Gasteiger partial charge in [-0.3, -0.25) is 9.59 Å². The predicted molar refractivity (Wildman–Crippen MR) is 73.1 cm³/mol. The summed E-state index contributed by atoms with van der Waals surface area (Å²) in [6.45, 7) is 5.61. The maximum Gasteiger partial charge on any atom is 0.334 e. The van der Waals surface area contributed by atoms with Gasteiger partial charge in [-0.2, -0.15) is 4.79 Å². The molecule has 0 aromatic heterocycles. The first kappa shape index (κ1) is 14.9. The molecule has 20 heavy (non-hydrogen) atoms. The highest BCUT2D eigenvalue weighted by atomic mass is 16.6. The van der Waals surface area contributed by atoms with Crippen molar-refractivity contribution in [3.8, 4) is 0 Å². The molecule has 2 saturated carbocycles. The van der Waals surface area contributed by atoms with Crippen LogP contribution >= 0.6 is 0 Å². The molecule has 0 aromatic rings. The molecule has 2 fully saturated rings. The second-order valence-corrected chi connectivity index (χ2v) is 7.13. The van der Waals surface area contributed by atoms with E-state index in [-0.39, 0.29) is 23.1 Å². The Bertz CT molecular complexity index is 476. The Labute approximate surface area is 119 Å². The van der Waals surface area contributed by atoms with Gasteiger partial charge in [-0.1, -0.05) is 0 Å². The van der Waals surface area contributed by atoms with E-state index in [9.17, 15) is 9.59 Å². The van der Waals surface area contributed by atoms with E-state index in [0.29, 0.717) is 18.6 Å². The Balaban J connectivity index is 1.95. The van der Waals surface area contributed by atoms with Crippen LogP contribution in [0, 0.1) is 11.3 Å². The number of nitrogens with zero attached hydrogens (tertiary/aromatic N) is 2. The zero-order valence-electron chi connectivity index (χ0n) is 12.4. The average Bonchev–Trinajstić information content (AvgIpc) is 2.64. The summed E-state index contributed by atoms with van der Waals surface area (Å²) in [5.41, 5.74) is 8.57. The average molecular weight is 278 g/mol. The number of ether oxygens (including phenoxy) is 1. The van der Waals surface area contributed by atoms with Crippen molar-refractivity contribution in [3.05, 3.63) is 5.53 Å². The van der Waals surface area contributed by atoms with E-state index >= 15 is 0 Å². The number of ketones is 1. The van der Waals surface area contributed by atoms with Gasteiger partial charge in [0.15, 0.2) is 0 Å². The van der Waals surface area contributed by atoms with E-state index in [4.69, 9.17) is 10.3 Å². The van der Waals surface area contributed by atoms with E-state index in [1.165, 1.54) is 0 Å². The molecule has 2 aliphatic rings. The van der Waals surface area contributed by atoms with Gasteiger partial charge in [0.2, 0.25) is 5.78 Å². The summed E-state index contributed by atoms with van der Waals surface area (Å²) in [5, 5.41) is 0. The van der Waals surface area contributed by atoms with Gasteiger partial charge in [-0.15, -0.1) is 0 Å². The van der Waals surface area contributed by atoms with Crippen LogP contribution in [0.15, 0.2) is 0 Å². The normalized spacial score (nSPS) is 30.4. The summed E-state index contributed by atoms with van der Waals surface area (Å²) in [6, 6.07) is 0. The molecule has 0 bridgehead atoms. The van der Waals surface area contributed by atoms with E-state index in [2.05, 4.69) is 4.79 Å². The molecule has 0 atom stereocenters. The molecule has 0 aromatic carbocycles. The van der Waals surface area contributed by atoms with Crippen molar-refractivity contribution in [2.45, 2.75) is 64.9 Å². The minimum atomic E-state index is -0.452. The van der Waals surface area contributed by atoms with Crippen LogP contribution in [0.25, 0.3) is 5.53 Å². The Kier molecular flexibility index (Phi) is 3.83. The number of esters is 1. The van der Waals surface area contributed by atoms with E-state index < -0.39 is 5.60 Å². The Morgan fingerprint density at radius 2 is 1.90 bits per heavy atom. The fourth-order valence-electron chi connectivity index (χ4n) is 3.25. The van der Waals surface area contributed by atoms with Crippen LogP contribution in [0.4, 0.5) is 0 Å². The van der Waals surface area contributed by atoms with Gasteiger partial charge in [0.05, 0.1) is 12.3 Å². The monoisotopic (exact) mass is 278 g/mol. The van der Waals surface area contributed by atoms with Crippen LogP contribution in [0.3, 0.4) is 0 Å². The maximum absolute atomic E-state index is 12.0. The summed E-state index contributed by atoms with van der Waals surface area (Å²) >= 11 is 0. The van der Waals surface area contributed by atoms with Gasteiger partial charge in [0, 0.05) is 6.42 Å². The third-order valence-electron chi connectivity index (χ3n) is 4.31. The van der Waals surface area contributed by atoms with Crippen LogP contribution < -0.4 is 0 Å². The first-order chi connectivity index (χ1) is 9.25. The molecule has 2 rings (SSSR count). The van der Waals surface area contributed by atoms with Gasteiger partial charge in [-0.25, -0.2) is 0 Å². The van der Waals surface area contributed by atoms with E-state index in [1.54, 1.807) is 0 Å². The lowest BCUT2D eigenvalue weighted by Gasteiger charge is -2.35. The molecule has 0 heterocycles. The zero-order chi connectivity index (χ0) is 15.0. The second kappa shape index (κ2) is 5.13. The van der Waals surface area contributed by atoms with Crippen LogP contribution in [0.2, 0.25) is 0 Å². The third kappa shape index (κ3) is 3.15. The van der Waals surface area contributed by atoms with E-state index in [1.807, 2.05) is 20.8 Å². The van der Waals surface area contributed by atoms with Gasteiger partial charge < -0.3 is 10.3 Å². The quantitative estimate of drug-likeness (QED) is 0.420. The maximum atomic E-state index is 12.0. The summed E-state index contributed by atoms with van der Waals surface area (Å²) in [6.07, 6.45) is 4.14. The molecule has 5 heteroatoms. The van der Waals surface area contributed by atoms with Gasteiger partial charge in [0.25, 0.3) is 0 Å². The molecule has 2 aliphatic carbocycles. The number of hydrogen-bond acceptors (Lipinski definition) is 3. The lowest BCUT2D eigenvalue weighted by molar-refractivity contribution is -0.161. The minimum Gasteiger partial charge on any atom is -0.460 e. The standard InChI is InChI=1S/C15H22N2O3/c1-14(2,3)20-13(19)10-4-6-15(7-5-10)8-11(17-16)12(18)9-15/h10H,4-9H2,1-3H3. The number of Topliss-reactive ketones (excluding diaryl/α,β-unsaturated/α-hetero) is 1. The smallest absolute Gasteiger partial charge is 0.334 e. The first-order valence-electron chi connectivity index (χ1n) is 7.22. The van der Waals surface area contributed by atoms with E-state index in [0.717, 1.165) is 25.7 Å². The Morgan fingerprint density at radius 3 is 2.35 bits per heavy atom. The number of hydrogen-bond donors (Lipinski definition) is 0. The zero-order valence-corrected chi connectivity index (χ0v) is 12.4. The fourth-order valence-corrected chi connectivity index (χ4v) is 3.25. The molecule has 0 unspecified atom stereocenters. The molecular formula is C15H22N2O3. The number of carbonyl (C=O) groups is 2. The SMILES string of the molecule is CC(C)(C)OC(=O)C1CCC2(CC1)CC(=O)C(=[N+]=[N-])C2. The van der Waals surface area contributed by atoms with Gasteiger partial charge >= 0.3 is 11.7 Å². The molecule has 1 spiro atoms. The highest BCUT2D eigenvalue weighted by Crippen LogP contribution is 2.48. The molecule has 0 aliphatic heterocycles. The molecule has 0 N–H and O–H groups in total. The fraction of sp³-hybridized carbons (Fsp3) is 0.800. The highest BCUT2D eigenvalue weighted by molar-refractivity contribution is 6.39. The van der Waals surface area contributed by atoms with Crippen molar-refractivity contribution in [2.75, 3.05) is 0 Å². The van der Waals surface area contributed by atoms with Crippen molar-refractivity contribution in [3.63, 3.8) is 0 Å². The molecule has 0 amide bonds. The lowest BCUT2D eigenvalue weighted by atomic mass is 9.69. The summed E-state index contributed by atoms with van der Waals surface area (Å²) in [5.74, 6) is -0.249. The van der Waals surface area contributed by atoms with Gasteiger partial charge in [-0.05, 0) is 51.9 Å². The van der Waals surface area contributed by atoms with Crippen molar-refractivity contribution in [1.82, 2.24) is 0 Å². The predicted octanol–water partition coefficient (Wildman–Crippen LogP) is 2.54. The number of rotatable bonds is 1. The molecule has 5 nitrogen and oxygen atoms in total. The van der Waals surface area contributed by atoms with Crippen molar-refractivity contribution >= 4 is 17.5 Å². The molecular weight excluding hydrogens is 256 g/mol. The van der Waals surface area contributed by atoms with Gasteiger partial charge in [0.1, 0.15) is 5.60 Å².